The van der Waals surface area contributed by atoms with Gasteiger partial charge in [-0.1, -0.05) is 30.3 Å². The first-order valence-corrected chi connectivity index (χ1v) is 12.0. The van der Waals surface area contributed by atoms with E-state index in [0.29, 0.717) is 35.6 Å². The maximum absolute atomic E-state index is 13.9. The van der Waals surface area contributed by atoms with Crippen molar-refractivity contribution in [2.24, 2.45) is 0 Å². The molecule has 0 spiro atoms. The molecule has 3 heterocycles. The van der Waals surface area contributed by atoms with E-state index in [0.717, 1.165) is 23.8 Å². The number of likely N-dealkylation sites (tertiary alicyclic amines) is 1. The molecule has 1 aliphatic rings. The van der Waals surface area contributed by atoms with E-state index >= 15 is 0 Å². The first-order chi connectivity index (χ1) is 17.5. The summed E-state index contributed by atoms with van der Waals surface area (Å²) in [6.07, 6.45) is 2.92. The number of carbonyl (C=O) groups is 1. The number of nitrogens with zero attached hydrogens (tertiary/aromatic N) is 5. The molecule has 2 aromatic heterocycles. The number of hydrogen-bond donors (Lipinski definition) is 0. The second-order valence-corrected chi connectivity index (χ2v) is 9.02. The number of pyridine rings is 1. The Morgan fingerprint density at radius 3 is 2.36 bits per heavy atom. The molecule has 180 valence electrons. The number of aryl methyl sites for hydroxylation is 1. The van der Waals surface area contributed by atoms with Gasteiger partial charge in [-0.05, 0) is 62.1 Å². The molecule has 1 aliphatic heterocycles. The third-order valence-electron chi connectivity index (χ3n) is 6.53. The van der Waals surface area contributed by atoms with Gasteiger partial charge in [0.2, 0.25) is 0 Å². The van der Waals surface area contributed by atoms with Crippen molar-refractivity contribution in [1.29, 1.82) is 5.26 Å². The molecule has 8 heteroatoms. The van der Waals surface area contributed by atoms with Crippen LogP contribution in [0.4, 0.5) is 0 Å². The van der Waals surface area contributed by atoms with Gasteiger partial charge in [0.25, 0.3) is 11.5 Å². The summed E-state index contributed by atoms with van der Waals surface area (Å²) in [5.74, 6) is -0.217. The van der Waals surface area contributed by atoms with Crippen LogP contribution in [0.1, 0.15) is 46.4 Å². The van der Waals surface area contributed by atoms with Crippen molar-refractivity contribution < 1.29 is 4.79 Å². The SMILES string of the molecule is Cc1cc(C(=O)N2CCCCC2)c2c(=O)n(Cc3ccc(C#N)cc3)c(=O)n(-c3ccccc3)c2n1. The Morgan fingerprint density at radius 1 is 1.00 bits per heavy atom. The molecule has 0 unspecified atom stereocenters. The normalized spacial score (nSPS) is 13.5. The minimum absolute atomic E-state index is 0.00261. The van der Waals surface area contributed by atoms with Crippen molar-refractivity contribution in [3.05, 3.63) is 104 Å². The Kier molecular flexibility index (Phi) is 6.21. The van der Waals surface area contributed by atoms with Crippen molar-refractivity contribution in [1.82, 2.24) is 19.0 Å². The maximum Gasteiger partial charge on any atom is 0.337 e. The Hall–Kier alpha value is -4.51. The van der Waals surface area contributed by atoms with Crippen LogP contribution < -0.4 is 11.2 Å². The predicted molar refractivity (Wildman–Crippen MR) is 136 cm³/mol. The van der Waals surface area contributed by atoms with Crippen LogP contribution in [0.25, 0.3) is 16.7 Å². The zero-order valence-corrected chi connectivity index (χ0v) is 20.0. The maximum atomic E-state index is 13.9. The highest BCUT2D eigenvalue weighted by Crippen LogP contribution is 2.21. The molecule has 0 N–H and O–H groups in total. The summed E-state index contributed by atoms with van der Waals surface area (Å²) >= 11 is 0. The minimum Gasteiger partial charge on any atom is -0.339 e. The van der Waals surface area contributed by atoms with E-state index in [1.54, 1.807) is 66.4 Å². The average molecular weight is 480 g/mol. The lowest BCUT2D eigenvalue weighted by molar-refractivity contribution is 0.0726. The van der Waals surface area contributed by atoms with Gasteiger partial charge in [-0.15, -0.1) is 0 Å². The molecule has 1 saturated heterocycles. The molecule has 0 radical (unpaired) electrons. The van der Waals surface area contributed by atoms with E-state index in [4.69, 9.17) is 5.26 Å². The zero-order chi connectivity index (χ0) is 25.2. The Labute approximate surface area is 207 Å². The van der Waals surface area contributed by atoms with Crippen LogP contribution >= 0.6 is 0 Å². The zero-order valence-electron chi connectivity index (χ0n) is 20.0. The van der Waals surface area contributed by atoms with Gasteiger partial charge >= 0.3 is 5.69 Å². The smallest absolute Gasteiger partial charge is 0.337 e. The van der Waals surface area contributed by atoms with Gasteiger partial charge < -0.3 is 4.90 Å². The standard InChI is InChI=1S/C28H25N5O3/c1-19-16-23(26(34)31-14-6-3-7-15-31)24-25(30-19)33(22-8-4-2-5-9-22)28(36)32(27(24)35)18-21-12-10-20(17-29)11-13-21/h2,4-5,8-13,16H,3,6-7,14-15,18H2,1H3. The third-order valence-corrected chi connectivity index (χ3v) is 6.53. The van der Waals surface area contributed by atoms with Crippen LogP contribution in [0, 0.1) is 18.3 Å². The highest BCUT2D eigenvalue weighted by atomic mass is 16.2. The first-order valence-electron chi connectivity index (χ1n) is 12.0. The number of amides is 1. The number of rotatable bonds is 4. The fourth-order valence-corrected chi connectivity index (χ4v) is 4.72. The third kappa shape index (κ3) is 4.20. The molecular weight excluding hydrogens is 454 g/mol. The van der Waals surface area contributed by atoms with Crippen molar-refractivity contribution in [2.45, 2.75) is 32.7 Å². The topological polar surface area (TPSA) is 101 Å². The van der Waals surface area contributed by atoms with Crippen LogP contribution in [0.2, 0.25) is 0 Å². The molecule has 1 fully saturated rings. The van der Waals surface area contributed by atoms with E-state index < -0.39 is 11.2 Å². The van der Waals surface area contributed by atoms with Crippen molar-refractivity contribution in [2.75, 3.05) is 13.1 Å². The number of hydrogen-bond acceptors (Lipinski definition) is 5. The lowest BCUT2D eigenvalue weighted by Gasteiger charge is -2.27. The molecule has 5 rings (SSSR count). The van der Waals surface area contributed by atoms with Gasteiger partial charge in [-0.25, -0.2) is 14.3 Å². The van der Waals surface area contributed by atoms with E-state index in [1.807, 2.05) is 6.07 Å². The van der Waals surface area contributed by atoms with Gasteiger partial charge in [0, 0.05) is 18.8 Å². The molecule has 2 aromatic carbocycles. The summed E-state index contributed by atoms with van der Waals surface area (Å²) in [7, 11) is 0. The van der Waals surface area contributed by atoms with Gasteiger partial charge in [-0.3, -0.25) is 14.2 Å². The summed E-state index contributed by atoms with van der Waals surface area (Å²) in [6, 6.07) is 19.4. The van der Waals surface area contributed by atoms with E-state index in [1.165, 1.54) is 4.57 Å². The molecule has 36 heavy (non-hydrogen) atoms. The van der Waals surface area contributed by atoms with Crippen molar-refractivity contribution in [3.63, 3.8) is 0 Å². The van der Waals surface area contributed by atoms with Crippen molar-refractivity contribution >= 4 is 16.9 Å². The fourth-order valence-electron chi connectivity index (χ4n) is 4.72. The summed E-state index contributed by atoms with van der Waals surface area (Å²) in [6.45, 7) is 3.03. The second kappa shape index (κ2) is 9.62. The number of carbonyl (C=O) groups excluding carboxylic acids is 1. The Balaban J connectivity index is 1.79. The molecule has 0 atom stereocenters. The van der Waals surface area contributed by atoms with E-state index in [2.05, 4.69) is 11.1 Å². The minimum atomic E-state index is -0.556. The van der Waals surface area contributed by atoms with Gasteiger partial charge in [0.05, 0.1) is 34.8 Å². The van der Waals surface area contributed by atoms with Crippen molar-refractivity contribution in [3.8, 4) is 11.8 Å². The fraction of sp³-hybridized carbons (Fsp3) is 0.250. The van der Waals surface area contributed by atoms with Crippen LogP contribution in [-0.2, 0) is 6.54 Å². The number of para-hydroxylation sites is 1. The Bertz CT molecular complexity index is 1610. The van der Waals surface area contributed by atoms with E-state index in [-0.39, 0.29) is 29.0 Å². The number of aromatic nitrogens is 3. The largest absolute Gasteiger partial charge is 0.339 e. The lowest BCUT2D eigenvalue weighted by Crippen LogP contribution is -2.42. The molecule has 1 amide bonds. The average Bonchev–Trinajstić information content (AvgIpc) is 2.91. The summed E-state index contributed by atoms with van der Waals surface area (Å²) in [5, 5.41) is 9.23. The molecular formula is C28H25N5O3. The van der Waals surface area contributed by atoms with Gasteiger partial charge in [-0.2, -0.15) is 5.26 Å². The quantitative estimate of drug-likeness (QED) is 0.447. The lowest BCUT2D eigenvalue weighted by atomic mass is 10.1. The van der Waals surface area contributed by atoms with Gasteiger partial charge in [0.1, 0.15) is 0 Å². The first kappa shape index (κ1) is 23.2. The number of fused-ring (bicyclic) bond motifs is 1. The number of benzene rings is 2. The van der Waals surface area contributed by atoms with Crippen LogP contribution in [0.5, 0.6) is 0 Å². The summed E-state index contributed by atoms with van der Waals surface area (Å²) in [5.41, 5.74) is 1.62. The molecule has 8 nitrogen and oxygen atoms in total. The predicted octanol–water partition coefficient (Wildman–Crippen LogP) is 3.40. The number of piperidine rings is 1. The molecule has 4 aromatic rings. The molecule has 0 bridgehead atoms. The number of nitriles is 1. The molecule has 0 aliphatic carbocycles. The second-order valence-electron chi connectivity index (χ2n) is 9.02. The molecule has 0 saturated carbocycles. The van der Waals surface area contributed by atoms with Gasteiger partial charge in [0.15, 0.2) is 5.65 Å². The van der Waals surface area contributed by atoms with Crippen LogP contribution in [0.3, 0.4) is 0 Å². The highest BCUT2D eigenvalue weighted by Gasteiger charge is 2.26. The Morgan fingerprint density at radius 2 is 1.69 bits per heavy atom. The van der Waals surface area contributed by atoms with E-state index in [9.17, 15) is 14.4 Å². The van der Waals surface area contributed by atoms with Crippen LogP contribution in [0.15, 0.2) is 70.3 Å². The monoisotopic (exact) mass is 479 g/mol. The summed E-state index contributed by atoms with van der Waals surface area (Å²) in [4.78, 5) is 47.6. The highest BCUT2D eigenvalue weighted by molar-refractivity contribution is 6.05. The van der Waals surface area contributed by atoms with Crippen LogP contribution in [-0.4, -0.2) is 38.0 Å². The summed E-state index contributed by atoms with van der Waals surface area (Å²) < 4.78 is 2.54.